The largest absolute Gasteiger partial charge is 0.330 e. The number of aromatic nitrogens is 2. The van der Waals surface area contributed by atoms with E-state index in [1.54, 1.807) is 6.92 Å². The fourth-order valence-corrected chi connectivity index (χ4v) is 3.42. The number of aryl methyl sites for hydroxylation is 1. The van der Waals surface area contributed by atoms with Gasteiger partial charge in [0.1, 0.15) is 5.54 Å². The minimum atomic E-state index is -1.19. The van der Waals surface area contributed by atoms with Gasteiger partial charge in [0.25, 0.3) is 11.5 Å². The Hall–Kier alpha value is -3.16. The molecule has 3 amide bonds. The first-order chi connectivity index (χ1) is 13.2. The molecule has 1 unspecified atom stereocenters. The maximum absolute atomic E-state index is 13.1. The molecule has 1 saturated heterocycles. The van der Waals surface area contributed by atoms with Crippen molar-refractivity contribution in [3.63, 3.8) is 0 Å². The van der Waals surface area contributed by atoms with Gasteiger partial charge >= 0.3 is 11.7 Å². The van der Waals surface area contributed by atoms with Gasteiger partial charge in [0.15, 0.2) is 0 Å². The van der Waals surface area contributed by atoms with E-state index in [0.717, 1.165) is 22.3 Å². The molecule has 0 saturated carbocycles. The van der Waals surface area contributed by atoms with Crippen LogP contribution in [-0.4, -0.2) is 26.0 Å². The van der Waals surface area contributed by atoms with Crippen LogP contribution in [0.25, 0.3) is 0 Å². The number of amides is 3. The van der Waals surface area contributed by atoms with Crippen LogP contribution in [0.5, 0.6) is 0 Å². The van der Waals surface area contributed by atoms with E-state index < -0.39 is 28.7 Å². The molecule has 2 heterocycles. The van der Waals surface area contributed by atoms with Crippen LogP contribution in [0.2, 0.25) is 0 Å². The molecule has 1 aliphatic rings. The first-order valence-electron chi connectivity index (χ1n) is 9.18. The number of carbonyl (C=O) groups excluding carboxylic acids is 2. The van der Waals surface area contributed by atoms with Gasteiger partial charge in [-0.1, -0.05) is 37.6 Å². The molecule has 0 aliphatic carbocycles. The van der Waals surface area contributed by atoms with Crippen molar-refractivity contribution in [1.29, 1.82) is 0 Å². The molecule has 1 atom stereocenters. The first-order valence-corrected chi connectivity index (χ1v) is 9.18. The van der Waals surface area contributed by atoms with Crippen molar-refractivity contribution in [3.8, 4) is 0 Å². The van der Waals surface area contributed by atoms with Gasteiger partial charge in [-0.2, -0.15) is 0 Å². The molecule has 0 bridgehead atoms. The van der Waals surface area contributed by atoms with Crippen molar-refractivity contribution < 1.29 is 9.59 Å². The van der Waals surface area contributed by atoms with Crippen LogP contribution in [-0.2, 0) is 37.4 Å². The summed E-state index contributed by atoms with van der Waals surface area (Å²) in [6.45, 7) is 3.60. The van der Waals surface area contributed by atoms with Crippen molar-refractivity contribution in [2.75, 3.05) is 0 Å². The number of benzene rings is 1. The third-order valence-corrected chi connectivity index (χ3v) is 5.29. The Morgan fingerprint density at radius 1 is 1.00 bits per heavy atom. The molecule has 3 rings (SSSR count). The zero-order chi connectivity index (χ0) is 20.6. The summed E-state index contributed by atoms with van der Waals surface area (Å²) >= 11 is 0. The number of urea groups is 1. The molecule has 0 spiro atoms. The fraction of sp³-hybridized carbons (Fsp3) is 0.400. The average Bonchev–Trinajstić information content (AvgIpc) is 2.89. The molecule has 8 nitrogen and oxygen atoms in total. The van der Waals surface area contributed by atoms with E-state index in [-0.39, 0.29) is 6.54 Å². The standard InChI is InChI=1S/C20H24N4O4/c1-5-6-13-7-9-14(10-8-13)20(2)17(26)24(18(27)21-20)12-15-11-16(25)23(4)19(28)22(15)3/h7-11H,5-6,12H2,1-4H3,(H,21,27). The van der Waals surface area contributed by atoms with Gasteiger partial charge in [-0.15, -0.1) is 0 Å². The Morgan fingerprint density at radius 3 is 2.25 bits per heavy atom. The van der Waals surface area contributed by atoms with Crippen LogP contribution in [0.15, 0.2) is 39.9 Å². The van der Waals surface area contributed by atoms with Crippen molar-refractivity contribution in [1.82, 2.24) is 19.4 Å². The van der Waals surface area contributed by atoms with E-state index in [2.05, 4.69) is 12.2 Å². The van der Waals surface area contributed by atoms with E-state index >= 15 is 0 Å². The minimum absolute atomic E-state index is 0.157. The van der Waals surface area contributed by atoms with Crippen molar-refractivity contribution >= 4 is 11.9 Å². The van der Waals surface area contributed by atoms with E-state index in [9.17, 15) is 19.2 Å². The van der Waals surface area contributed by atoms with Crippen LogP contribution in [0.4, 0.5) is 4.79 Å². The molecule has 8 heteroatoms. The smallest absolute Gasteiger partial charge is 0.319 e. The third kappa shape index (κ3) is 3.15. The second-order valence-electron chi connectivity index (χ2n) is 7.27. The van der Waals surface area contributed by atoms with Crippen LogP contribution in [0.3, 0.4) is 0 Å². The Balaban J connectivity index is 1.92. The molecule has 1 aliphatic heterocycles. The number of nitrogens with one attached hydrogen (secondary N) is 1. The summed E-state index contributed by atoms with van der Waals surface area (Å²) < 4.78 is 2.23. The van der Waals surface area contributed by atoms with Gasteiger partial charge in [0.2, 0.25) is 0 Å². The Kier molecular flexibility index (Phi) is 4.97. The summed E-state index contributed by atoms with van der Waals surface area (Å²) in [5.41, 5.74) is -0.0486. The lowest BCUT2D eigenvalue weighted by atomic mass is 9.91. The molecule has 2 aromatic rings. The fourth-order valence-electron chi connectivity index (χ4n) is 3.42. The zero-order valence-corrected chi connectivity index (χ0v) is 16.5. The number of carbonyl (C=O) groups is 2. The molecule has 0 radical (unpaired) electrons. The predicted molar refractivity (Wildman–Crippen MR) is 104 cm³/mol. The highest BCUT2D eigenvalue weighted by Gasteiger charge is 2.49. The molecule has 148 valence electrons. The van der Waals surface area contributed by atoms with Crippen molar-refractivity contribution in [3.05, 3.63) is 68.0 Å². The highest BCUT2D eigenvalue weighted by Crippen LogP contribution is 2.30. The zero-order valence-electron chi connectivity index (χ0n) is 16.5. The van der Waals surface area contributed by atoms with E-state index in [1.807, 2.05) is 24.3 Å². The lowest BCUT2D eigenvalue weighted by Gasteiger charge is -2.23. The molecule has 1 aromatic heterocycles. The Labute approximate surface area is 162 Å². The topological polar surface area (TPSA) is 93.4 Å². The van der Waals surface area contributed by atoms with Gasteiger partial charge < -0.3 is 5.32 Å². The van der Waals surface area contributed by atoms with Gasteiger partial charge in [0, 0.05) is 25.9 Å². The number of nitrogens with zero attached hydrogens (tertiary/aromatic N) is 3. The monoisotopic (exact) mass is 384 g/mol. The molecule has 1 fully saturated rings. The van der Waals surface area contributed by atoms with E-state index in [1.165, 1.54) is 30.3 Å². The summed E-state index contributed by atoms with van der Waals surface area (Å²) in [6, 6.07) is 8.31. The number of imide groups is 1. The maximum atomic E-state index is 13.1. The summed E-state index contributed by atoms with van der Waals surface area (Å²) in [5.74, 6) is -0.422. The average molecular weight is 384 g/mol. The van der Waals surface area contributed by atoms with Crippen LogP contribution in [0.1, 0.15) is 37.1 Å². The number of rotatable bonds is 5. The lowest BCUT2D eigenvalue weighted by molar-refractivity contribution is -0.131. The highest BCUT2D eigenvalue weighted by atomic mass is 16.2. The van der Waals surface area contributed by atoms with Crippen LogP contribution >= 0.6 is 0 Å². The van der Waals surface area contributed by atoms with Gasteiger partial charge in [0.05, 0.1) is 6.54 Å². The maximum Gasteiger partial charge on any atom is 0.330 e. The summed E-state index contributed by atoms with van der Waals surface area (Å²) in [7, 11) is 2.88. The second kappa shape index (κ2) is 7.10. The molecular weight excluding hydrogens is 360 g/mol. The molecule has 1 N–H and O–H groups in total. The van der Waals surface area contributed by atoms with Crippen LogP contribution < -0.4 is 16.6 Å². The Bertz CT molecular complexity index is 1050. The lowest BCUT2D eigenvalue weighted by Crippen LogP contribution is -2.42. The van der Waals surface area contributed by atoms with Gasteiger partial charge in [-0.25, -0.2) is 9.59 Å². The normalized spacial score (nSPS) is 19.2. The van der Waals surface area contributed by atoms with Crippen LogP contribution in [0, 0.1) is 0 Å². The molecule has 28 heavy (non-hydrogen) atoms. The summed E-state index contributed by atoms with van der Waals surface area (Å²) in [6.07, 6.45) is 1.97. The minimum Gasteiger partial charge on any atom is -0.319 e. The number of hydrogen-bond donors (Lipinski definition) is 1. The number of hydrogen-bond acceptors (Lipinski definition) is 4. The summed E-state index contributed by atoms with van der Waals surface area (Å²) in [5, 5.41) is 2.74. The Morgan fingerprint density at radius 2 is 1.64 bits per heavy atom. The second-order valence-corrected chi connectivity index (χ2v) is 7.27. The SMILES string of the molecule is CCCc1ccc(C2(C)NC(=O)N(Cc3cc(=O)n(C)c(=O)n3C)C2=O)cc1. The van der Waals surface area contributed by atoms with Gasteiger partial charge in [-0.05, 0) is 24.5 Å². The predicted octanol–water partition coefficient (Wildman–Crippen LogP) is 1.00. The highest BCUT2D eigenvalue weighted by molar-refractivity contribution is 6.07. The third-order valence-electron chi connectivity index (χ3n) is 5.29. The summed E-state index contributed by atoms with van der Waals surface area (Å²) in [4.78, 5) is 50.7. The van der Waals surface area contributed by atoms with Crippen molar-refractivity contribution in [2.45, 2.75) is 38.8 Å². The van der Waals surface area contributed by atoms with E-state index in [0.29, 0.717) is 11.3 Å². The van der Waals surface area contributed by atoms with Crippen molar-refractivity contribution in [2.24, 2.45) is 14.1 Å². The molecular formula is C20H24N4O4. The quantitative estimate of drug-likeness (QED) is 0.779. The first kappa shape index (κ1) is 19.6. The molecule has 1 aromatic carbocycles. The van der Waals surface area contributed by atoms with Gasteiger partial charge in [-0.3, -0.25) is 23.6 Å². The van der Waals surface area contributed by atoms with E-state index in [4.69, 9.17) is 0 Å².